The van der Waals surface area contributed by atoms with E-state index in [-0.39, 0.29) is 18.0 Å². The van der Waals surface area contributed by atoms with Crippen LogP contribution in [0.25, 0.3) is 11.3 Å². The van der Waals surface area contributed by atoms with Crippen LogP contribution >= 0.6 is 0 Å². The van der Waals surface area contributed by atoms with Gasteiger partial charge in [0.2, 0.25) is 0 Å². The summed E-state index contributed by atoms with van der Waals surface area (Å²) in [6.45, 7) is 1.56. The number of esters is 1. The van der Waals surface area contributed by atoms with Crippen LogP contribution in [0.5, 0.6) is 5.75 Å². The van der Waals surface area contributed by atoms with Gasteiger partial charge in [-0.25, -0.2) is 13.6 Å². The van der Waals surface area contributed by atoms with Gasteiger partial charge in [0.25, 0.3) is 0 Å². The summed E-state index contributed by atoms with van der Waals surface area (Å²) in [5.74, 6) is -1.17. The molecule has 26 heavy (non-hydrogen) atoms. The highest BCUT2D eigenvalue weighted by molar-refractivity contribution is 5.89. The number of hydrogen-bond donors (Lipinski definition) is 0. The number of hydrogen-bond acceptors (Lipinski definition) is 5. The molecule has 0 fully saturated rings. The SMILES string of the molecule is COc1ccc(C(=O)OCc2noc(-c3ccc(F)cc3)c2C)c(F)c1. The smallest absolute Gasteiger partial charge is 0.341 e. The Hall–Kier alpha value is -3.22. The molecule has 0 radical (unpaired) electrons. The van der Waals surface area contributed by atoms with Crippen LogP contribution in [-0.4, -0.2) is 18.2 Å². The third-order valence-electron chi connectivity index (χ3n) is 3.86. The highest BCUT2D eigenvalue weighted by Gasteiger charge is 2.18. The van der Waals surface area contributed by atoms with Crippen LogP contribution in [-0.2, 0) is 11.3 Å². The molecule has 5 nitrogen and oxygen atoms in total. The van der Waals surface area contributed by atoms with Gasteiger partial charge in [0.1, 0.15) is 29.7 Å². The van der Waals surface area contributed by atoms with Crippen molar-refractivity contribution in [3.8, 4) is 17.1 Å². The number of ether oxygens (including phenoxy) is 2. The second-order valence-electron chi connectivity index (χ2n) is 5.51. The Labute approximate surface area is 148 Å². The van der Waals surface area contributed by atoms with Crippen molar-refractivity contribution < 1.29 is 27.6 Å². The second-order valence-corrected chi connectivity index (χ2v) is 5.51. The van der Waals surface area contributed by atoms with Gasteiger partial charge in [-0.1, -0.05) is 5.16 Å². The summed E-state index contributed by atoms with van der Waals surface area (Å²) < 4.78 is 42.2. The van der Waals surface area contributed by atoms with E-state index >= 15 is 0 Å². The third kappa shape index (κ3) is 3.56. The van der Waals surface area contributed by atoms with E-state index in [1.54, 1.807) is 19.1 Å². The molecule has 3 rings (SSSR count). The van der Waals surface area contributed by atoms with E-state index in [0.29, 0.717) is 28.3 Å². The van der Waals surface area contributed by atoms with Crippen molar-refractivity contribution in [2.75, 3.05) is 7.11 Å². The first-order valence-electron chi connectivity index (χ1n) is 7.71. The quantitative estimate of drug-likeness (QED) is 0.636. The topological polar surface area (TPSA) is 61.6 Å². The number of methoxy groups -OCH3 is 1. The molecule has 0 aliphatic rings. The van der Waals surface area contributed by atoms with E-state index in [1.807, 2.05) is 0 Å². The zero-order valence-corrected chi connectivity index (χ0v) is 14.1. The van der Waals surface area contributed by atoms with Crippen molar-refractivity contribution in [1.82, 2.24) is 5.16 Å². The average Bonchev–Trinajstić information content (AvgIpc) is 3.01. The van der Waals surface area contributed by atoms with Crippen LogP contribution in [0.15, 0.2) is 47.0 Å². The number of rotatable bonds is 5. The van der Waals surface area contributed by atoms with E-state index < -0.39 is 11.8 Å². The second kappa shape index (κ2) is 7.35. The lowest BCUT2D eigenvalue weighted by molar-refractivity contribution is 0.0458. The van der Waals surface area contributed by atoms with Crippen molar-refractivity contribution in [3.63, 3.8) is 0 Å². The minimum absolute atomic E-state index is 0.180. The summed E-state index contributed by atoms with van der Waals surface area (Å²) in [7, 11) is 1.40. The van der Waals surface area contributed by atoms with Gasteiger partial charge in [0.15, 0.2) is 5.76 Å². The summed E-state index contributed by atoms with van der Waals surface area (Å²) in [6.07, 6.45) is 0. The molecule has 3 aromatic rings. The summed E-state index contributed by atoms with van der Waals surface area (Å²) in [5, 5.41) is 3.87. The van der Waals surface area contributed by atoms with E-state index in [0.717, 1.165) is 6.07 Å². The van der Waals surface area contributed by atoms with Crippen LogP contribution in [0.2, 0.25) is 0 Å². The van der Waals surface area contributed by atoms with Crippen LogP contribution in [0.4, 0.5) is 8.78 Å². The van der Waals surface area contributed by atoms with Crippen molar-refractivity contribution in [3.05, 3.63) is 70.9 Å². The van der Waals surface area contributed by atoms with Crippen molar-refractivity contribution in [2.45, 2.75) is 13.5 Å². The molecular formula is C19H15F2NO4. The van der Waals surface area contributed by atoms with Crippen molar-refractivity contribution in [1.29, 1.82) is 0 Å². The molecule has 134 valence electrons. The summed E-state index contributed by atoms with van der Waals surface area (Å²) in [6, 6.07) is 9.60. The first kappa shape index (κ1) is 17.6. The Bertz CT molecular complexity index is 935. The largest absolute Gasteiger partial charge is 0.497 e. The molecular weight excluding hydrogens is 344 g/mol. The van der Waals surface area contributed by atoms with Gasteiger partial charge in [0.05, 0.1) is 12.7 Å². The molecule has 2 aromatic carbocycles. The standard InChI is InChI=1S/C19H15F2NO4/c1-11-17(22-26-18(11)12-3-5-13(20)6-4-12)10-25-19(23)15-8-7-14(24-2)9-16(15)21/h3-9H,10H2,1-2H3. The molecule has 0 aliphatic heterocycles. The van der Waals surface area contributed by atoms with Crippen LogP contribution in [0.1, 0.15) is 21.6 Å². The maximum absolute atomic E-state index is 13.9. The molecule has 1 aromatic heterocycles. The molecule has 7 heteroatoms. The Morgan fingerprint density at radius 1 is 1.15 bits per heavy atom. The van der Waals surface area contributed by atoms with Gasteiger partial charge in [-0.3, -0.25) is 0 Å². The predicted molar refractivity (Wildman–Crippen MR) is 88.7 cm³/mol. The molecule has 0 saturated carbocycles. The number of carbonyl (C=O) groups excluding carboxylic acids is 1. The lowest BCUT2D eigenvalue weighted by Gasteiger charge is -2.06. The van der Waals surface area contributed by atoms with Gasteiger partial charge in [-0.2, -0.15) is 0 Å². The fraction of sp³-hybridized carbons (Fsp3) is 0.158. The van der Waals surface area contributed by atoms with Gasteiger partial charge in [-0.05, 0) is 43.3 Å². The monoisotopic (exact) mass is 359 g/mol. The van der Waals surface area contributed by atoms with E-state index in [9.17, 15) is 13.6 Å². The number of nitrogens with zero attached hydrogens (tertiary/aromatic N) is 1. The van der Waals surface area contributed by atoms with Gasteiger partial charge in [0, 0.05) is 17.2 Å². The van der Waals surface area contributed by atoms with Crippen LogP contribution in [0, 0.1) is 18.6 Å². The first-order chi connectivity index (χ1) is 12.5. The lowest BCUT2D eigenvalue weighted by Crippen LogP contribution is -2.08. The zero-order valence-electron chi connectivity index (χ0n) is 14.1. The third-order valence-corrected chi connectivity index (χ3v) is 3.86. The molecule has 1 heterocycles. The fourth-order valence-electron chi connectivity index (χ4n) is 2.37. The maximum Gasteiger partial charge on any atom is 0.341 e. The fourth-order valence-corrected chi connectivity index (χ4v) is 2.37. The Morgan fingerprint density at radius 2 is 1.88 bits per heavy atom. The van der Waals surface area contributed by atoms with Crippen molar-refractivity contribution >= 4 is 5.97 Å². The molecule has 0 atom stereocenters. The Morgan fingerprint density at radius 3 is 2.54 bits per heavy atom. The number of carbonyl (C=O) groups is 1. The van der Waals surface area contributed by atoms with Gasteiger partial charge < -0.3 is 14.0 Å². The Kier molecular flexibility index (Phi) is 4.97. The molecule has 0 amide bonds. The molecule has 0 saturated heterocycles. The zero-order chi connectivity index (χ0) is 18.7. The van der Waals surface area contributed by atoms with Crippen molar-refractivity contribution in [2.24, 2.45) is 0 Å². The number of aromatic nitrogens is 1. The normalized spacial score (nSPS) is 10.6. The maximum atomic E-state index is 13.9. The molecule has 0 aliphatic carbocycles. The highest BCUT2D eigenvalue weighted by atomic mass is 19.1. The van der Waals surface area contributed by atoms with E-state index in [2.05, 4.69) is 5.16 Å². The minimum atomic E-state index is -0.823. The molecule has 0 bridgehead atoms. The average molecular weight is 359 g/mol. The molecule has 0 unspecified atom stereocenters. The van der Waals surface area contributed by atoms with Crippen LogP contribution < -0.4 is 4.74 Å². The summed E-state index contributed by atoms with van der Waals surface area (Å²) in [5.41, 5.74) is 1.49. The number of benzene rings is 2. The Balaban J connectivity index is 1.72. The lowest BCUT2D eigenvalue weighted by atomic mass is 10.1. The van der Waals surface area contributed by atoms with E-state index in [4.69, 9.17) is 14.0 Å². The summed E-state index contributed by atoms with van der Waals surface area (Å²) in [4.78, 5) is 12.1. The number of halogens is 2. The van der Waals surface area contributed by atoms with Gasteiger partial charge in [-0.15, -0.1) is 0 Å². The minimum Gasteiger partial charge on any atom is -0.497 e. The first-order valence-corrected chi connectivity index (χ1v) is 7.71. The highest BCUT2D eigenvalue weighted by Crippen LogP contribution is 2.26. The van der Waals surface area contributed by atoms with Gasteiger partial charge >= 0.3 is 5.97 Å². The molecule has 0 N–H and O–H groups in total. The summed E-state index contributed by atoms with van der Waals surface area (Å²) >= 11 is 0. The van der Waals surface area contributed by atoms with E-state index in [1.165, 1.54) is 31.4 Å². The predicted octanol–water partition coefficient (Wildman–Crippen LogP) is 4.29. The molecule has 0 spiro atoms. The van der Waals surface area contributed by atoms with Crippen LogP contribution in [0.3, 0.4) is 0 Å².